The molecule has 3 heteroatoms. The molecule has 0 amide bonds. The summed E-state index contributed by atoms with van der Waals surface area (Å²) in [4.78, 5) is 13.2. The number of hydrogen-bond acceptors (Lipinski definition) is 1. The number of hydrogen-bond donors (Lipinski definition) is 1. The molecule has 1 N–H and O–H groups in total. The van der Waals surface area contributed by atoms with Gasteiger partial charge in [-0.25, -0.2) is 6.57 Å². The van der Waals surface area contributed by atoms with Gasteiger partial charge in [-0.05, 0) is 0 Å². The van der Waals surface area contributed by atoms with E-state index in [2.05, 4.69) is 4.85 Å². The Hall–Kier alpha value is -1.04. The van der Waals surface area contributed by atoms with Gasteiger partial charge in [0, 0.05) is 13.8 Å². The summed E-state index contributed by atoms with van der Waals surface area (Å²) in [5, 5.41) is 8.24. The summed E-state index contributed by atoms with van der Waals surface area (Å²) in [5.41, 5.74) is -0.744. The van der Waals surface area contributed by atoms with E-state index in [9.17, 15) is 4.79 Å². The van der Waals surface area contributed by atoms with Crippen LogP contribution in [-0.2, 0) is 4.79 Å². The van der Waals surface area contributed by atoms with Gasteiger partial charge in [0.05, 0.1) is 0 Å². The van der Waals surface area contributed by atoms with Crippen molar-refractivity contribution in [2.24, 2.45) is 0 Å². The molecule has 0 aliphatic rings. The molecule has 0 aliphatic heterocycles. The van der Waals surface area contributed by atoms with Crippen molar-refractivity contribution in [3.8, 4) is 0 Å². The largest absolute Gasteiger partial charge is 0.481 e. The van der Waals surface area contributed by atoms with Crippen molar-refractivity contribution in [3.63, 3.8) is 0 Å². The number of carboxylic acids is 1. The molecule has 0 rings (SSSR count). The summed E-state index contributed by atoms with van der Waals surface area (Å²) in [6.45, 7) is 9.77. The molecule has 0 radical (unpaired) electrons. The van der Waals surface area contributed by atoms with Crippen LogP contribution in [-0.4, -0.2) is 16.6 Å². The van der Waals surface area contributed by atoms with Crippen molar-refractivity contribution in [1.29, 1.82) is 0 Å². The highest BCUT2D eigenvalue weighted by molar-refractivity contribution is 5.68. The topological polar surface area (TPSA) is 41.7 Å². The van der Waals surface area contributed by atoms with Crippen LogP contribution in [0, 0.1) is 6.57 Å². The third-order valence-electron chi connectivity index (χ3n) is 0.886. The highest BCUT2D eigenvalue weighted by Gasteiger charge is 2.26. The van der Waals surface area contributed by atoms with Crippen LogP contribution in [0.4, 0.5) is 0 Å². The summed E-state index contributed by atoms with van der Waals surface area (Å²) >= 11 is 0. The van der Waals surface area contributed by atoms with E-state index in [0.717, 1.165) is 0 Å². The molecule has 0 aromatic heterocycles. The maximum atomic E-state index is 10.0. The Kier molecular flexibility index (Phi) is 2.20. The Morgan fingerprint density at radius 3 is 2.33 bits per heavy atom. The van der Waals surface area contributed by atoms with Crippen molar-refractivity contribution in [2.75, 3.05) is 0 Å². The predicted molar refractivity (Wildman–Crippen MR) is 32.9 cm³/mol. The highest BCUT2D eigenvalue weighted by atomic mass is 16.4. The van der Waals surface area contributed by atoms with E-state index in [1.807, 2.05) is 0 Å². The maximum absolute atomic E-state index is 10.0. The van der Waals surface area contributed by atoms with Gasteiger partial charge in [-0.3, -0.25) is 4.79 Å². The van der Waals surface area contributed by atoms with Crippen LogP contribution in [0.1, 0.15) is 20.3 Å². The van der Waals surface area contributed by atoms with Crippen LogP contribution in [0.5, 0.6) is 0 Å². The smallest absolute Gasteiger partial charge is 0.311 e. The fourth-order valence-electron chi connectivity index (χ4n) is 0.410. The Morgan fingerprint density at radius 2 is 2.22 bits per heavy atom. The maximum Gasteiger partial charge on any atom is 0.311 e. The molecule has 0 aliphatic carbocycles. The summed E-state index contributed by atoms with van der Waals surface area (Å²) in [5.74, 6) is -0.920. The lowest BCUT2D eigenvalue weighted by molar-refractivity contribution is -0.137. The van der Waals surface area contributed by atoms with E-state index in [4.69, 9.17) is 11.7 Å². The second-order valence-corrected chi connectivity index (χ2v) is 2.49. The monoisotopic (exact) mass is 127 g/mol. The number of rotatable bonds is 2. The molecule has 0 atom stereocenters. The molecule has 9 heavy (non-hydrogen) atoms. The molecule has 0 aromatic rings. The molecular formula is C6H9NO2. The van der Waals surface area contributed by atoms with Gasteiger partial charge >= 0.3 is 5.97 Å². The molecule has 0 heterocycles. The van der Waals surface area contributed by atoms with E-state index >= 15 is 0 Å². The highest BCUT2D eigenvalue weighted by Crippen LogP contribution is 2.12. The minimum atomic E-state index is -0.920. The number of carbonyl (C=O) groups is 1. The second-order valence-electron chi connectivity index (χ2n) is 2.49. The molecule has 0 saturated heterocycles. The number of nitrogens with zero attached hydrogens (tertiary/aromatic N) is 1. The molecule has 50 valence electrons. The lowest BCUT2D eigenvalue weighted by Gasteiger charge is -2.05. The standard InChI is InChI=1S/C6H9NO2/c1-6(2,7-3)4-5(8)9/h4H2,1-2H3,(H,8,9). The third-order valence-corrected chi connectivity index (χ3v) is 0.886. The van der Waals surface area contributed by atoms with E-state index in [1.165, 1.54) is 0 Å². The normalized spacial score (nSPS) is 10.3. The van der Waals surface area contributed by atoms with Crippen molar-refractivity contribution in [2.45, 2.75) is 25.8 Å². The van der Waals surface area contributed by atoms with Gasteiger partial charge < -0.3 is 9.95 Å². The summed E-state index contributed by atoms with van der Waals surface area (Å²) in [6, 6.07) is 0. The van der Waals surface area contributed by atoms with Crippen LogP contribution in [0.25, 0.3) is 4.85 Å². The first-order chi connectivity index (χ1) is 3.98. The minimum Gasteiger partial charge on any atom is -0.481 e. The molecule has 0 aromatic carbocycles. The lowest BCUT2D eigenvalue weighted by Crippen LogP contribution is -2.18. The van der Waals surface area contributed by atoms with Crippen LogP contribution >= 0.6 is 0 Å². The van der Waals surface area contributed by atoms with Crippen molar-refractivity contribution >= 4 is 5.97 Å². The quantitative estimate of drug-likeness (QED) is 0.565. The van der Waals surface area contributed by atoms with Crippen LogP contribution in [0.2, 0.25) is 0 Å². The lowest BCUT2D eigenvalue weighted by atomic mass is 10.0. The summed E-state index contributed by atoms with van der Waals surface area (Å²) in [6.07, 6.45) is -0.0868. The van der Waals surface area contributed by atoms with Crippen molar-refractivity contribution < 1.29 is 9.90 Å². The summed E-state index contributed by atoms with van der Waals surface area (Å²) in [7, 11) is 0. The Labute approximate surface area is 54.1 Å². The molecule has 0 spiro atoms. The van der Waals surface area contributed by atoms with Gasteiger partial charge in [-0.2, -0.15) is 0 Å². The van der Waals surface area contributed by atoms with Crippen molar-refractivity contribution in [1.82, 2.24) is 0 Å². The first-order valence-corrected chi connectivity index (χ1v) is 2.58. The SMILES string of the molecule is [C-]#[N+]C(C)(C)CC(=O)O. The molecular weight excluding hydrogens is 118 g/mol. The first-order valence-electron chi connectivity index (χ1n) is 2.58. The van der Waals surface area contributed by atoms with E-state index in [1.54, 1.807) is 13.8 Å². The average molecular weight is 127 g/mol. The Morgan fingerprint density at radius 1 is 1.78 bits per heavy atom. The average Bonchev–Trinajstić information content (AvgIpc) is 1.63. The van der Waals surface area contributed by atoms with Gasteiger partial charge in [0.25, 0.3) is 0 Å². The van der Waals surface area contributed by atoms with Crippen molar-refractivity contribution in [3.05, 3.63) is 11.4 Å². The molecule has 3 nitrogen and oxygen atoms in total. The molecule has 0 bridgehead atoms. The molecule has 0 fully saturated rings. The fourth-order valence-corrected chi connectivity index (χ4v) is 0.410. The van der Waals surface area contributed by atoms with E-state index in [0.29, 0.717) is 0 Å². The molecule has 0 saturated carbocycles. The van der Waals surface area contributed by atoms with Gasteiger partial charge in [-0.15, -0.1) is 0 Å². The zero-order chi connectivity index (χ0) is 7.49. The van der Waals surface area contributed by atoms with Gasteiger partial charge in [-0.1, -0.05) is 0 Å². The second kappa shape index (κ2) is 2.49. The Balaban J connectivity index is 3.91. The minimum absolute atomic E-state index is 0.0868. The van der Waals surface area contributed by atoms with Gasteiger partial charge in [0.1, 0.15) is 6.42 Å². The van der Waals surface area contributed by atoms with Crippen LogP contribution < -0.4 is 0 Å². The van der Waals surface area contributed by atoms with Gasteiger partial charge in [0.15, 0.2) is 0 Å². The van der Waals surface area contributed by atoms with E-state index in [-0.39, 0.29) is 6.42 Å². The van der Waals surface area contributed by atoms with Gasteiger partial charge in [0.2, 0.25) is 5.54 Å². The van der Waals surface area contributed by atoms with Crippen LogP contribution in [0.15, 0.2) is 0 Å². The zero-order valence-corrected chi connectivity index (χ0v) is 5.51. The van der Waals surface area contributed by atoms with Crippen LogP contribution in [0.3, 0.4) is 0 Å². The third kappa shape index (κ3) is 3.53. The number of carboxylic acid groups (broad SMARTS) is 1. The number of aliphatic carboxylic acids is 1. The Bertz CT molecular complexity index is 155. The summed E-state index contributed by atoms with van der Waals surface area (Å²) < 4.78 is 0. The first kappa shape index (κ1) is 7.96. The fraction of sp³-hybridized carbons (Fsp3) is 0.667. The zero-order valence-electron chi connectivity index (χ0n) is 5.51. The van der Waals surface area contributed by atoms with E-state index < -0.39 is 11.5 Å². The molecule has 0 unspecified atom stereocenters. The predicted octanol–water partition coefficient (Wildman–Crippen LogP) is 1.16.